The van der Waals surface area contributed by atoms with Crippen LogP contribution in [0.2, 0.25) is 5.02 Å². The van der Waals surface area contributed by atoms with E-state index in [2.05, 4.69) is 5.32 Å². The molecule has 1 aliphatic heterocycles. The first-order valence-electron chi connectivity index (χ1n) is 4.87. The van der Waals surface area contributed by atoms with Crippen molar-refractivity contribution in [1.82, 2.24) is 5.32 Å². The second-order valence-corrected chi connectivity index (χ2v) is 4.20. The Labute approximate surface area is 93.1 Å². The summed E-state index contributed by atoms with van der Waals surface area (Å²) in [5.74, 6) is -1.06. The van der Waals surface area contributed by atoms with E-state index >= 15 is 0 Å². The van der Waals surface area contributed by atoms with Gasteiger partial charge in [-0.25, -0.2) is 0 Å². The molecule has 4 heteroatoms. The van der Waals surface area contributed by atoms with Gasteiger partial charge in [-0.15, -0.1) is 0 Å². The Morgan fingerprint density at radius 2 is 2.27 bits per heavy atom. The molecule has 1 aromatic carbocycles. The minimum atomic E-state index is -0.745. The minimum absolute atomic E-state index is 0.0289. The van der Waals surface area contributed by atoms with Crippen molar-refractivity contribution in [2.75, 3.05) is 13.1 Å². The monoisotopic (exact) mass is 225 g/mol. The number of hydrogen-bond acceptors (Lipinski definition) is 2. The molecule has 2 rings (SSSR count). The van der Waals surface area contributed by atoms with Gasteiger partial charge in [0, 0.05) is 24.0 Å². The average molecular weight is 226 g/mol. The Balaban J connectivity index is 2.26. The highest BCUT2D eigenvalue weighted by atomic mass is 35.5. The number of carboxylic acid groups (broad SMARTS) is 1. The minimum Gasteiger partial charge on any atom is -0.481 e. The predicted molar refractivity (Wildman–Crippen MR) is 58.2 cm³/mol. The lowest BCUT2D eigenvalue weighted by Gasteiger charge is -2.14. The maximum Gasteiger partial charge on any atom is 0.308 e. The highest BCUT2D eigenvalue weighted by molar-refractivity contribution is 6.30. The first-order valence-corrected chi connectivity index (χ1v) is 5.25. The third-order valence-electron chi connectivity index (χ3n) is 2.81. The van der Waals surface area contributed by atoms with Gasteiger partial charge in [-0.2, -0.15) is 0 Å². The standard InChI is InChI=1S/C11H12ClNO2/c12-8-3-1-2-7(4-8)9-5-13-6-10(9)11(14)15/h1-4,9-10,13H,5-6H2,(H,14,15)/t9-,10+/m0/s1. The predicted octanol–water partition coefficient (Wildman–Crippen LogP) is 1.73. The number of carbonyl (C=O) groups is 1. The van der Waals surface area contributed by atoms with Crippen molar-refractivity contribution >= 4 is 17.6 Å². The van der Waals surface area contributed by atoms with Gasteiger partial charge in [0.15, 0.2) is 0 Å². The van der Waals surface area contributed by atoms with Crippen molar-refractivity contribution in [2.24, 2.45) is 5.92 Å². The maximum absolute atomic E-state index is 11.0. The van der Waals surface area contributed by atoms with Crippen LogP contribution in [0.25, 0.3) is 0 Å². The van der Waals surface area contributed by atoms with E-state index in [1.165, 1.54) is 0 Å². The van der Waals surface area contributed by atoms with E-state index in [4.69, 9.17) is 16.7 Å². The average Bonchev–Trinajstić information content (AvgIpc) is 2.65. The van der Waals surface area contributed by atoms with Crippen molar-refractivity contribution in [1.29, 1.82) is 0 Å². The molecule has 1 saturated heterocycles. The van der Waals surface area contributed by atoms with Crippen LogP contribution in [0.5, 0.6) is 0 Å². The van der Waals surface area contributed by atoms with E-state index in [0.717, 1.165) is 5.56 Å². The van der Waals surface area contributed by atoms with Crippen molar-refractivity contribution in [3.63, 3.8) is 0 Å². The summed E-state index contributed by atoms with van der Waals surface area (Å²) in [6.45, 7) is 1.24. The van der Waals surface area contributed by atoms with Crippen molar-refractivity contribution in [3.8, 4) is 0 Å². The molecule has 0 radical (unpaired) electrons. The molecule has 80 valence electrons. The van der Waals surface area contributed by atoms with Gasteiger partial charge in [-0.05, 0) is 17.7 Å². The van der Waals surface area contributed by atoms with Gasteiger partial charge >= 0.3 is 5.97 Å². The first-order chi connectivity index (χ1) is 7.18. The van der Waals surface area contributed by atoms with Crippen molar-refractivity contribution < 1.29 is 9.90 Å². The summed E-state index contributed by atoms with van der Waals surface area (Å²) in [6.07, 6.45) is 0. The molecular formula is C11H12ClNO2. The van der Waals surface area contributed by atoms with Crippen LogP contribution in [-0.2, 0) is 4.79 Å². The van der Waals surface area contributed by atoms with E-state index < -0.39 is 5.97 Å². The topological polar surface area (TPSA) is 49.3 Å². The summed E-state index contributed by atoms with van der Waals surface area (Å²) in [4.78, 5) is 11.0. The number of benzene rings is 1. The highest BCUT2D eigenvalue weighted by Gasteiger charge is 2.33. The molecule has 0 spiro atoms. The molecule has 15 heavy (non-hydrogen) atoms. The first kappa shape index (κ1) is 10.5. The lowest BCUT2D eigenvalue weighted by atomic mass is 9.89. The van der Waals surface area contributed by atoms with Crippen molar-refractivity contribution in [2.45, 2.75) is 5.92 Å². The van der Waals surface area contributed by atoms with E-state index in [0.29, 0.717) is 18.1 Å². The Kier molecular flexibility index (Phi) is 2.93. The molecule has 3 nitrogen and oxygen atoms in total. The third kappa shape index (κ3) is 2.13. The second kappa shape index (κ2) is 4.21. The van der Waals surface area contributed by atoms with E-state index in [9.17, 15) is 4.79 Å². The second-order valence-electron chi connectivity index (χ2n) is 3.76. The zero-order valence-corrected chi connectivity index (χ0v) is 8.87. The summed E-state index contributed by atoms with van der Waals surface area (Å²) >= 11 is 5.88. The van der Waals surface area contributed by atoms with Crippen LogP contribution in [0.15, 0.2) is 24.3 Å². The summed E-state index contributed by atoms with van der Waals surface area (Å²) in [5.41, 5.74) is 1.000. The summed E-state index contributed by atoms with van der Waals surface area (Å²) in [5, 5.41) is 12.8. The van der Waals surface area contributed by atoms with Gasteiger partial charge in [-0.3, -0.25) is 4.79 Å². The smallest absolute Gasteiger partial charge is 0.308 e. The fourth-order valence-corrected chi connectivity index (χ4v) is 2.22. The summed E-state index contributed by atoms with van der Waals surface area (Å²) < 4.78 is 0. The molecule has 1 fully saturated rings. The van der Waals surface area contributed by atoms with Crippen LogP contribution in [0.1, 0.15) is 11.5 Å². The Morgan fingerprint density at radius 1 is 1.47 bits per heavy atom. The van der Waals surface area contributed by atoms with Crippen LogP contribution >= 0.6 is 11.6 Å². The zero-order chi connectivity index (χ0) is 10.8. The van der Waals surface area contributed by atoms with Gasteiger partial charge in [0.05, 0.1) is 5.92 Å². The lowest BCUT2D eigenvalue weighted by Crippen LogP contribution is -2.20. The molecule has 0 unspecified atom stereocenters. The van der Waals surface area contributed by atoms with Gasteiger partial charge < -0.3 is 10.4 Å². The molecule has 2 N–H and O–H groups in total. The molecule has 0 aliphatic carbocycles. The van der Waals surface area contributed by atoms with Crippen LogP contribution < -0.4 is 5.32 Å². The highest BCUT2D eigenvalue weighted by Crippen LogP contribution is 2.29. The normalized spacial score (nSPS) is 25.4. The number of rotatable bonds is 2. The van der Waals surface area contributed by atoms with Crippen LogP contribution in [0.4, 0.5) is 0 Å². The number of halogens is 1. The third-order valence-corrected chi connectivity index (χ3v) is 3.04. The number of carboxylic acids is 1. The molecule has 0 bridgehead atoms. The number of hydrogen-bond donors (Lipinski definition) is 2. The van der Waals surface area contributed by atoms with Crippen LogP contribution in [0.3, 0.4) is 0 Å². The maximum atomic E-state index is 11.0. The Bertz CT molecular complexity index is 381. The van der Waals surface area contributed by atoms with Crippen molar-refractivity contribution in [3.05, 3.63) is 34.9 Å². The SMILES string of the molecule is O=C(O)[C@@H]1CNC[C@H]1c1cccc(Cl)c1. The molecule has 0 amide bonds. The zero-order valence-electron chi connectivity index (χ0n) is 8.11. The fraction of sp³-hybridized carbons (Fsp3) is 0.364. The van der Waals surface area contributed by atoms with Crippen LogP contribution in [0, 0.1) is 5.92 Å². The number of nitrogens with one attached hydrogen (secondary N) is 1. The van der Waals surface area contributed by atoms with E-state index in [1.54, 1.807) is 6.07 Å². The molecule has 1 aromatic rings. The summed E-state index contributed by atoms with van der Waals surface area (Å²) in [6, 6.07) is 7.42. The molecule has 1 aliphatic rings. The molecular weight excluding hydrogens is 214 g/mol. The van der Waals surface area contributed by atoms with E-state index in [1.807, 2.05) is 18.2 Å². The summed E-state index contributed by atoms with van der Waals surface area (Å²) in [7, 11) is 0. The molecule has 2 atom stereocenters. The largest absolute Gasteiger partial charge is 0.481 e. The van der Waals surface area contributed by atoms with E-state index in [-0.39, 0.29) is 11.8 Å². The van der Waals surface area contributed by atoms with Gasteiger partial charge in [0.2, 0.25) is 0 Å². The van der Waals surface area contributed by atoms with Gasteiger partial charge in [0.25, 0.3) is 0 Å². The van der Waals surface area contributed by atoms with Crippen LogP contribution in [-0.4, -0.2) is 24.2 Å². The fourth-order valence-electron chi connectivity index (χ4n) is 2.03. The molecule has 0 aromatic heterocycles. The Morgan fingerprint density at radius 3 is 2.93 bits per heavy atom. The quantitative estimate of drug-likeness (QED) is 0.806. The lowest BCUT2D eigenvalue weighted by molar-refractivity contribution is -0.141. The Hall–Kier alpha value is -1.06. The van der Waals surface area contributed by atoms with Gasteiger partial charge in [0.1, 0.15) is 0 Å². The molecule has 1 heterocycles. The van der Waals surface area contributed by atoms with Gasteiger partial charge in [-0.1, -0.05) is 23.7 Å². The molecule has 0 saturated carbocycles. The number of aliphatic carboxylic acids is 1.